The largest absolute Gasteiger partial charge is 0.488 e. The maximum absolute atomic E-state index is 12.6. The number of aromatic nitrogens is 1. The van der Waals surface area contributed by atoms with Crippen molar-refractivity contribution in [1.82, 2.24) is 9.47 Å². The number of benzene rings is 1. The molecule has 1 spiro atoms. The molecule has 2 fully saturated rings. The zero-order chi connectivity index (χ0) is 17.3. The second-order valence-electron chi connectivity index (χ2n) is 7.05. The minimum Gasteiger partial charge on any atom is -0.488 e. The summed E-state index contributed by atoms with van der Waals surface area (Å²) in [6.45, 7) is 2.10. The van der Waals surface area contributed by atoms with Crippen LogP contribution in [0.25, 0.3) is 0 Å². The van der Waals surface area contributed by atoms with Crippen molar-refractivity contribution in [2.24, 2.45) is 7.05 Å². The van der Waals surface area contributed by atoms with Gasteiger partial charge in [0.15, 0.2) is 0 Å². The Morgan fingerprint density at radius 2 is 1.92 bits per heavy atom. The quantitative estimate of drug-likeness (QED) is 0.863. The van der Waals surface area contributed by atoms with E-state index in [0.717, 1.165) is 43.8 Å². The van der Waals surface area contributed by atoms with Gasteiger partial charge in [-0.1, -0.05) is 18.2 Å². The molecule has 0 saturated carbocycles. The SMILES string of the molecule is Cn1cccc1C(=O)N1CCC2(CC1)CC(Oc1ccccc1)CO2. The van der Waals surface area contributed by atoms with Crippen LogP contribution in [0.15, 0.2) is 48.7 Å². The fourth-order valence-corrected chi connectivity index (χ4v) is 3.88. The maximum Gasteiger partial charge on any atom is 0.270 e. The van der Waals surface area contributed by atoms with E-state index >= 15 is 0 Å². The molecular weight excluding hydrogens is 316 g/mol. The van der Waals surface area contributed by atoms with E-state index in [9.17, 15) is 4.79 Å². The number of carbonyl (C=O) groups is 1. The monoisotopic (exact) mass is 340 g/mol. The molecule has 1 aromatic carbocycles. The number of likely N-dealkylation sites (tertiary alicyclic amines) is 1. The smallest absolute Gasteiger partial charge is 0.270 e. The molecule has 0 radical (unpaired) electrons. The van der Waals surface area contributed by atoms with Crippen LogP contribution in [0.3, 0.4) is 0 Å². The Morgan fingerprint density at radius 3 is 2.60 bits per heavy atom. The number of ether oxygens (including phenoxy) is 2. The van der Waals surface area contributed by atoms with Crippen molar-refractivity contribution in [3.63, 3.8) is 0 Å². The van der Waals surface area contributed by atoms with E-state index in [4.69, 9.17) is 9.47 Å². The first-order chi connectivity index (χ1) is 12.2. The standard InChI is InChI=1S/C20H24N2O3/c1-21-11-5-8-18(21)19(23)22-12-9-20(10-13-22)14-17(15-24-20)25-16-6-3-2-4-7-16/h2-8,11,17H,9-10,12-15H2,1H3. The van der Waals surface area contributed by atoms with E-state index in [1.54, 1.807) is 0 Å². The highest BCUT2D eigenvalue weighted by Gasteiger charge is 2.44. The Kier molecular flexibility index (Phi) is 4.25. The highest BCUT2D eigenvalue weighted by atomic mass is 16.6. The van der Waals surface area contributed by atoms with Crippen LogP contribution in [-0.2, 0) is 11.8 Å². The first-order valence-electron chi connectivity index (χ1n) is 8.92. The molecule has 1 atom stereocenters. The minimum absolute atomic E-state index is 0.0949. The Labute approximate surface area is 148 Å². The van der Waals surface area contributed by atoms with Crippen molar-refractivity contribution in [2.75, 3.05) is 19.7 Å². The van der Waals surface area contributed by atoms with E-state index in [-0.39, 0.29) is 17.6 Å². The minimum atomic E-state index is -0.134. The summed E-state index contributed by atoms with van der Waals surface area (Å²) in [4.78, 5) is 14.6. The first kappa shape index (κ1) is 16.2. The van der Waals surface area contributed by atoms with Crippen LogP contribution in [0.5, 0.6) is 5.75 Å². The predicted molar refractivity (Wildman–Crippen MR) is 94.7 cm³/mol. The number of nitrogens with zero attached hydrogens (tertiary/aromatic N) is 2. The van der Waals surface area contributed by atoms with Gasteiger partial charge in [-0.3, -0.25) is 4.79 Å². The normalized spacial score (nSPS) is 22.3. The van der Waals surface area contributed by atoms with Gasteiger partial charge in [0.05, 0.1) is 12.2 Å². The van der Waals surface area contributed by atoms with Crippen molar-refractivity contribution in [1.29, 1.82) is 0 Å². The number of para-hydroxylation sites is 1. The highest BCUT2D eigenvalue weighted by Crippen LogP contribution is 2.37. The Hall–Kier alpha value is -2.27. The van der Waals surface area contributed by atoms with Gasteiger partial charge in [-0.25, -0.2) is 0 Å². The summed E-state index contributed by atoms with van der Waals surface area (Å²) >= 11 is 0. The van der Waals surface area contributed by atoms with Crippen LogP contribution >= 0.6 is 0 Å². The lowest BCUT2D eigenvalue weighted by atomic mass is 9.88. The van der Waals surface area contributed by atoms with Crippen molar-refractivity contribution >= 4 is 5.91 Å². The summed E-state index contributed by atoms with van der Waals surface area (Å²) in [5.74, 6) is 1.00. The number of piperidine rings is 1. The molecule has 1 aromatic heterocycles. The van der Waals surface area contributed by atoms with E-state index in [2.05, 4.69) is 0 Å². The van der Waals surface area contributed by atoms with Gasteiger partial charge in [0.25, 0.3) is 5.91 Å². The second-order valence-corrected chi connectivity index (χ2v) is 7.05. The van der Waals surface area contributed by atoms with Crippen molar-refractivity contribution in [3.05, 3.63) is 54.4 Å². The van der Waals surface area contributed by atoms with E-state index in [1.165, 1.54) is 0 Å². The van der Waals surface area contributed by atoms with E-state index < -0.39 is 0 Å². The first-order valence-corrected chi connectivity index (χ1v) is 8.92. The molecule has 5 heteroatoms. The number of aryl methyl sites for hydroxylation is 1. The van der Waals surface area contributed by atoms with Gasteiger partial charge in [-0.15, -0.1) is 0 Å². The summed E-state index contributed by atoms with van der Waals surface area (Å²) in [5, 5.41) is 0. The van der Waals surface area contributed by atoms with Gasteiger partial charge in [0.2, 0.25) is 0 Å². The van der Waals surface area contributed by atoms with Crippen LogP contribution in [0.1, 0.15) is 29.8 Å². The van der Waals surface area contributed by atoms with Crippen LogP contribution < -0.4 is 4.74 Å². The molecule has 0 bridgehead atoms. The van der Waals surface area contributed by atoms with Gasteiger partial charge in [0, 0.05) is 32.8 Å². The van der Waals surface area contributed by atoms with Crippen LogP contribution in [0, 0.1) is 0 Å². The molecule has 3 heterocycles. The van der Waals surface area contributed by atoms with E-state index in [0.29, 0.717) is 6.61 Å². The van der Waals surface area contributed by atoms with Gasteiger partial charge >= 0.3 is 0 Å². The summed E-state index contributed by atoms with van der Waals surface area (Å²) in [6.07, 6.45) is 4.64. The number of hydrogen-bond acceptors (Lipinski definition) is 3. The Balaban J connectivity index is 1.34. The maximum atomic E-state index is 12.6. The van der Waals surface area contributed by atoms with Crippen LogP contribution in [0.2, 0.25) is 0 Å². The molecule has 4 rings (SSSR count). The third-order valence-corrected chi connectivity index (χ3v) is 5.35. The van der Waals surface area contributed by atoms with Gasteiger partial charge in [0.1, 0.15) is 17.5 Å². The summed E-state index contributed by atoms with van der Waals surface area (Å²) in [7, 11) is 1.91. The second kappa shape index (κ2) is 6.56. The van der Waals surface area contributed by atoms with E-state index in [1.807, 2.05) is 65.2 Å². The fourth-order valence-electron chi connectivity index (χ4n) is 3.88. The zero-order valence-electron chi connectivity index (χ0n) is 14.6. The topological polar surface area (TPSA) is 43.7 Å². The van der Waals surface area contributed by atoms with Crippen molar-refractivity contribution in [3.8, 4) is 5.75 Å². The number of hydrogen-bond donors (Lipinski definition) is 0. The predicted octanol–water partition coefficient (Wildman–Crippen LogP) is 2.87. The average molecular weight is 340 g/mol. The molecule has 2 saturated heterocycles. The Bertz CT molecular complexity index is 732. The lowest BCUT2D eigenvalue weighted by molar-refractivity contribution is -0.0397. The lowest BCUT2D eigenvalue weighted by Crippen LogP contribution is -2.47. The molecular formula is C20H24N2O3. The van der Waals surface area contributed by atoms with Crippen LogP contribution in [-0.4, -0.2) is 46.8 Å². The summed E-state index contributed by atoms with van der Waals surface area (Å²) in [6, 6.07) is 13.7. The molecule has 1 unspecified atom stereocenters. The molecule has 2 aliphatic rings. The van der Waals surface area contributed by atoms with Gasteiger partial charge in [-0.2, -0.15) is 0 Å². The highest BCUT2D eigenvalue weighted by molar-refractivity contribution is 5.92. The fraction of sp³-hybridized carbons (Fsp3) is 0.450. The molecule has 0 N–H and O–H groups in total. The molecule has 2 aromatic rings. The third-order valence-electron chi connectivity index (χ3n) is 5.35. The number of carbonyl (C=O) groups excluding carboxylic acids is 1. The van der Waals surface area contributed by atoms with Crippen molar-refractivity contribution in [2.45, 2.75) is 31.0 Å². The van der Waals surface area contributed by atoms with Gasteiger partial charge < -0.3 is 18.9 Å². The number of rotatable bonds is 3. The number of amides is 1. The molecule has 5 nitrogen and oxygen atoms in total. The molecule has 132 valence electrons. The lowest BCUT2D eigenvalue weighted by Gasteiger charge is -2.38. The van der Waals surface area contributed by atoms with Gasteiger partial charge in [-0.05, 0) is 37.1 Å². The van der Waals surface area contributed by atoms with Crippen molar-refractivity contribution < 1.29 is 14.3 Å². The Morgan fingerprint density at radius 1 is 1.16 bits per heavy atom. The zero-order valence-corrected chi connectivity index (χ0v) is 14.6. The third kappa shape index (κ3) is 3.29. The summed E-state index contributed by atoms with van der Waals surface area (Å²) in [5.41, 5.74) is 0.610. The average Bonchev–Trinajstić information content (AvgIpc) is 3.23. The molecule has 2 aliphatic heterocycles. The molecule has 0 aliphatic carbocycles. The molecule has 25 heavy (non-hydrogen) atoms. The molecule has 1 amide bonds. The van der Waals surface area contributed by atoms with Crippen LogP contribution in [0.4, 0.5) is 0 Å². The summed E-state index contributed by atoms with van der Waals surface area (Å²) < 4.78 is 14.1.